The fourth-order valence-electron chi connectivity index (χ4n) is 2.76. The standard InChI is InChI=1S/C15H17ClN2O9S2/c1-6(19)17-9(14(22)23)4-28-15(24)11-8(3-27-7(2)20)5-29(25,26)13-10(16)12(21)18(11)13/h9-10,13H,3-5H2,1-2H3,(H,17,19)(H,22,23)/t9-,10-,13+/m0/s1. The third-order valence-electron chi connectivity index (χ3n) is 4.00. The second kappa shape index (κ2) is 8.71. The third-order valence-corrected chi connectivity index (χ3v) is 7.50. The molecule has 2 heterocycles. The van der Waals surface area contributed by atoms with Crippen LogP contribution in [0.4, 0.5) is 0 Å². The highest BCUT2D eigenvalue weighted by atomic mass is 35.5. The van der Waals surface area contributed by atoms with Crippen molar-refractivity contribution in [2.24, 2.45) is 0 Å². The molecule has 2 aliphatic heterocycles. The maximum Gasteiger partial charge on any atom is 0.327 e. The van der Waals surface area contributed by atoms with Gasteiger partial charge in [0.15, 0.2) is 15.2 Å². The van der Waals surface area contributed by atoms with E-state index in [1.165, 1.54) is 0 Å². The van der Waals surface area contributed by atoms with E-state index in [4.69, 9.17) is 21.4 Å². The van der Waals surface area contributed by atoms with Crippen molar-refractivity contribution in [2.45, 2.75) is 30.6 Å². The van der Waals surface area contributed by atoms with Gasteiger partial charge >= 0.3 is 11.9 Å². The van der Waals surface area contributed by atoms with Gasteiger partial charge in [0.25, 0.3) is 0 Å². The number of rotatable bonds is 7. The molecule has 2 N–H and O–H groups in total. The molecule has 1 saturated heterocycles. The maximum atomic E-state index is 12.7. The lowest BCUT2D eigenvalue weighted by atomic mass is 10.1. The number of esters is 1. The molecule has 0 aromatic carbocycles. The van der Waals surface area contributed by atoms with Gasteiger partial charge in [-0.2, -0.15) is 0 Å². The fourth-order valence-corrected chi connectivity index (χ4v) is 6.26. The highest BCUT2D eigenvalue weighted by Gasteiger charge is 2.59. The number of amides is 2. The normalized spacial score (nSPS) is 23.6. The van der Waals surface area contributed by atoms with E-state index in [9.17, 15) is 32.4 Å². The molecule has 0 aromatic rings. The minimum Gasteiger partial charge on any atom is -0.480 e. The van der Waals surface area contributed by atoms with Crippen molar-refractivity contribution in [3.05, 3.63) is 11.3 Å². The number of hydrogen-bond acceptors (Lipinski definition) is 9. The van der Waals surface area contributed by atoms with Crippen LogP contribution in [0.2, 0.25) is 0 Å². The number of carbonyl (C=O) groups is 5. The number of fused-ring (bicyclic) bond motifs is 1. The Bertz CT molecular complexity index is 915. The molecule has 1 fully saturated rings. The van der Waals surface area contributed by atoms with E-state index in [0.717, 1.165) is 18.7 Å². The first-order valence-corrected chi connectivity index (χ1v) is 11.2. The smallest absolute Gasteiger partial charge is 0.327 e. The average molecular weight is 469 g/mol. The summed E-state index contributed by atoms with van der Waals surface area (Å²) in [5.41, 5.74) is -0.415. The summed E-state index contributed by atoms with van der Waals surface area (Å²) in [5.74, 6) is -4.54. The number of thioether (sulfide) groups is 1. The molecule has 0 aliphatic carbocycles. The summed E-state index contributed by atoms with van der Waals surface area (Å²) in [4.78, 5) is 59.0. The van der Waals surface area contributed by atoms with E-state index in [1.807, 2.05) is 0 Å². The number of nitrogens with one attached hydrogen (secondary N) is 1. The molecule has 14 heteroatoms. The lowest BCUT2D eigenvalue weighted by Crippen LogP contribution is -2.68. The molecule has 0 saturated carbocycles. The monoisotopic (exact) mass is 468 g/mol. The Morgan fingerprint density at radius 2 is 1.97 bits per heavy atom. The van der Waals surface area contributed by atoms with Crippen LogP contribution in [0, 0.1) is 0 Å². The van der Waals surface area contributed by atoms with Gasteiger partial charge in [0, 0.05) is 25.2 Å². The van der Waals surface area contributed by atoms with Crippen LogP contribution in [0.3, 0.4) is 0 Å². The Morgan fingerprint density at radius 1 is 1.34 bits per heavy atom. The topological polar surface area (TPSA) is 164 Å². The molecule has 29 heavy (non-hydrogen) atoms. The molecule has 0 radical (unpaired) electrons. The van der Waals surface area contributed by atoms with Gasteiger partial charge < -0.3 is 15.2 Å². The van der Waals surface area contributed by atoms with Crippen molar-refractivity contribution in [1.29, 1.82) is 0 Å². The first kappa shape index (κ1) is 23.2. The van der Waals surface area contributed by atoms with E-state index in [2.05, 4.69) is 5.32 Å². The molecule has 160 valence electrons. The molecule has 11 nitrogen and oxygen atoms in total. The summed E-state index contributed by atoms with van der Waals surface area (Å²) in [7, 11) is -3.92. The Hall–Kier alpha value is -2.12. The molecular weight excluding hydrogens is 452 g/mol. The van der Waals surface area contributed by atoms with E-state index in [1.54, 1.807) is 0 Å². The van der Waals surface area contributed by atoms with E-state index >= 15 is 0 Å². The number of carboxylic acid groups (broad SMARTS) is 1. The maximum absolute atomic E-state index is 12.7. The fraction of sp³-hybridized carbons (Fsp3) is 0.533. The van der Waals surface area contributed by atoms with Crippen molar-refractivity contribution < 1.29 is 42.2 Å². The Labute approximate surface area is 174 Å². The van der Waals surface area contributed by atoms with Crippen LogP contribution in [-0.4, -0.2) is 82.2 Å². The summed E-state index contributed by atoms with van der Waals surface area (Å²) >= 11 is 6.29. The highest BCUT2D eigenvalue weighted by molar-refractivity contribution is 8.14. The zero-order chi connectivity index (χ0) is 22.1. The number of sulfone groups is 1. The summed E-state index contributed by atoms with van der Waals surface area (Å²) in [5, 5.41) is 7.70. The lowest BCUT2D eigenvalue weighted by Gasteiger charge is -2.47. The largest absolute Gasteiger partial charge is 0.480 e. The summed E-state index contributed by atoms with van der Waals surface area (Å²) in [6.45, 7) is 1.66. The summed E-state index contributed by atoms with van der Waals surface area (Å²) in [6, 6.07) is -1.38. The van der Waals surface area contributed by atoms with Crippen LogP contribution >= 0.6 is 23.4 Å². The molecule has 0 unspecified atom stereocenters. The summed E-state index contributed by atoms with van der Waals surface area (Å²) in [6.07, 6.45) is 0. The Kier molecular flexibility index (Phi) is 6.96. The Morgan fingerprint density at radius 3 is 2.48 bits per heavy atom. The van der Waals surface area contributed by atoms with Gasteiger partial charge in [-0.05, 0) is 0 Å². The number of nitrogens with zero attached hydrogens (tertiary/aromatic N) is 1. The number of hydrogen-bond donors (Lipinski definition) is 2. The van der Waals surface area contributed by atoms with Gasteiger partial charge in [-0.1, -0.05) is 11.8 Å². The van der Waals surface area contributed by atoms with Crippen LogP contribution in [0.25, 0.3) is 0 Å². The SMILES string of the molecule is CC(=O)N[C@@H](CSC(=O)C1=C(COC(C)=O)CS(=O)(=O)[C@@H]2[C@@H](Cl)C(=O)N12)C(=O)O. The van der Waals surface area contributed by atoms with Gasteiger partial charge in [-0.15, -0.1) is 11.6 Å². The molecule has 2 amide bonds. The zero-order valence-corrected chi connectivity index (χ0v) is 17.6. The van der Waals surface area contributed by atoms with Gasteiger partial charge in [-0.25, -0.2) is 13.2 Å². The van der Waals surface area contributed by atoms with Crippen molar-refractivity contribution >= 4 is 62.1 Å². The third kappa shape index (κ3) is 4.90. The zero-order valence-electron chi connectivity index (χ0n) is 15.2. The van der Waals surface area contributed by atoms with Crippen molar-refractivity contribution in [2.75, 3.05) is 18.1 Å². The second-order valence-electron chi connectivity index (χ2n) is 6.23. The first-order chi connectivity index (χ1) is 13.4. The van der Waals surface area contributed by atoms with E-state index < -0.39 is 67.9 Å². The Balaban J connectivity index is 2.33. The predicted molar refractivity (Wildman–Crippen MR) is 100 cm³/mol. The number of halogens is 1. The number of ether oxygens (including phenoxy) is 1. The minimum absolute atomic E-state index is 0.114. The van der Waals surface area contributed by atoms with E-state index in [-0.39, 0.29) is 17.0 Å². The van der Waals surface area contributed by atoms with Crippen LogP contribution < -0.4 is 5.32 Å². The summed E-state index contributed by atoms with van der Waals surface area (Å²) < 4.78 is 29.6. The molecule has 2 aliphatic rings. The quantitative estimate of drug-likeness (QED) is 0.265. The van der Waals surface area contributed by atoms with Crippen LogP contribution in [0.1, 0.15) is 13.8 Å². The minimum atomic E-state index is -3.92. The molecule has 0 spiro atoms. The van der Waals surface area contributed by atoms with Crippen LogP contribution in [-0.2, 0) is 38.5 Å². The molecule has 3 atom stereocenters. The van der Waals surface area contributed by atoms with Gasteiger partial charge in [0.05, 0.1) is 5.75 Å². The average Bonchev–Trinajstić information content (AvgIpc) is 2.60. The van der Waals surface area contributed by atoms with Crippen LogP contribution in [0.5, 0.6) is 0 Å². The van der Waals surface area contributed by atoms with E-state index in [0.29, 0.717) is 11.8 Å². The van der Waals surface area contributed by atoms with Crippen molar-refractivity contribution in [1.82, 2.24) is 10.2 Å². The number of carboxylic acids is 1. The molecular formula is C15H17ClN2O9S2. The number of carbonyl (C=O) groups excluding carboxylic acids is 4. The van der Waals surface area contributed by atoms with Gasteiger partial charge in [0.1, 0.15) is 23.7 Å². The van der Waals surface area contributed by atoms with Crippen molar-refractivity contribution in [3.8, 4) is 0 Å². The van der Waals surface area contributed by atoms with Gasteiger partial charge in [-0.3, -0.25) is 24.1 Å². The highest BCUT2D eigenvalue weighted by Crippen LogP contribution is 2.40. The molecule has 2 rings (SSSR count). The predicted octanol–water partition coefficient (Wildman–Crippen LogP) is -1.14. The van der Waals surface area contributed by atoms with Crippen molar-refractivity contribution in [3.63, 3.8) is 0 Å². The second-order valence-corrected chi connectivity index (χ2v) is 9.79. The number of β-lactam (4-membered cyclic amide) rings is 1. The molecule has 0 bridgehead atoms. The molecule has 0 aromatic heterocycles. The van der Waals surface area contributed by atoms with Crippen LogP contribution in [0.15, 0.2) is 11.3 Å². The number of alkyl halides is 1. The number of aliphatic carboxylic acids is 1. The lowest BCUT2D eigenvalue weighted by molar-refractivity contribution is -0.141. The first-order valence-electron chi connectivity index (χ1n) is 8.08. The van der Waals surface area contributed by atoms with Gasteiger partial charge in [0.2, 0.25) is 16.9 Å².